The van der Waals surface area contributed by atoms with E-state index in [0.29, 0.717) is 30.5 Å². The van der Waals surface area contributed by atoms with Crippen LogP contribution >= 0.6 is 0 Å². The zero-order valence-corrected chi connectivity index (χ0v) is 12.0. The molecular formula is C15H23N3O2. The van der Waals surface area contributed by atoms with Crippen LogP contribution in [0.15, 0.2) is 24.3 Å². The zero-order valence-electron chi connectivity index (χ0n) is 12.0. The van der Waals surface area contributed by atoms with Crippen molar-refractivity contribution in [2.24, 2.45) is 0 Å². The minimum atomic E-state index is 0.0363. The predicted molar refractivity (Wildman–Crippen MR) is 79.6 cm³/mol. The molecule has 0 radical (unpaired) electrons. The SMILES string of the molecule is CN1CCCC1CNC(=O)CCOc1cccc(N)c1. The van der Waals surface area contributed by atoms with Gasteiger partial charge in [0, 0.05) is 24.3 Å². The van der Waals surface area contributed by atoms with Crippen molar-refractivity contribution in [2.45, 2.75) is 25.3 Å². The first kappa shape index (κ1) is 14.7. The Morgan fingerprint density at radius 3 is 3.10 bits per heavy atom. The van der Waals surface area contributed by atoms with E-state index in [1.165, 1.54) is 6.42 Å². The van der Waals surface area contributed by atoms with Gasteiger partial charge >= 0.3 is 0 Å². The third-order valence-corrected chi connectivity index (χ3v) is 3.66. The molecule has 1 aromatic rings. The molecule has 1 aromatic carbocycles. The summed E-state index contributed by atoms with van der Waals surface area (Å²) in [6.45, 7) is 2.22. The minimum Gasteiger partial charge on any atom is -0.493 e. The number of hydrogen-bond acceptors (Lipinski definition) is 4. The second kappa shape index (κ2) is 7.14. The van der Waals surface area contributed by atoms with Crippen LogP contribution in [0.4, 0.5) is 5.69 Å². The molecule has 1 aliphatic heterocycles. The topological polar surface area (TPSA) is 67.6 Å². The lowest BCUT2D eigenvalue weighted by Gasteiger charge is -2.19. The number of nitrogens with two attached hydrogens (primary N) is 1. The van der Waals surface area contributed by atoms with Crippen molar-refractivity contribution >= 4 is 11.6 Å². The van der Waals surface area contributed by atoms with Crippen molar-refractivity contribution in [3.8, 4) is 5.75 Å². The van der Waals surface area contributed by atoms with E-state index in [-0.39, 0.29) is 5.91 Å². The van der Waals surface area contributed by atoms with Crippen LogP contribution in [0.3, 0.4) is 0 Å². The van der Waals surface area contributed by atoms with Gasteiger partial charge in [0.25, 0.3) is 0 Å². The molecule has 2 rings (SSSR count). The molecule has 1 aliphatic rings. The van der Waals surface area contributed by atoms with Crippen molar-refractivity contribution in [1.82, 2.24) is 10.2 Å². The molecule has 0 bridgehead atoms. The van der Waals surface area contributed by atoms with Gasteiger partial charge in [-0.1, -0.05) is 6.07 Å². The fourth-order valence-corrected chi connectivity index (χ4v) is 2.42. The van der Waals surface area contributed by atoms with Gasteiger partial charge in [-0.05, 0) is 38.6 Å². The molecule has 1 unspecified atom stereocenters. The van der Waals surface area contributed by atoms with Crippen LogP contribution in [0.1, 0.15) is 19.3 Å². The summed E-state index contributed by atoms with van der Waals surface area (Å²) in [6, 6.07) is 7.71. The molecule has 5 nitrogen and oxygen atoms in total. The highest BCUT2D eigenvalue weighted by Gasteiger charge is 2.20. The first-order valence-corrected chi connectivity index (χ1v) is 7.10. The number of nitrogens with one attached hydrogen (secondary N) is 1. The number of carbonyl (C=O) groups is 1. The van der Waals surface area contributed by atoms with E-state index in [1.54, 1.807) is 12.1 Å². The fourth-order valence-electron chi connectivity index (χ4n) is 2.42. The van der Waals surface area contributed by atoms with Gasteiger partial charge in [-0.2, -0.15) is 0 Å². The molecule has 1 heterocycles. The van der Waals surface area contributed by atoms with Crippen molar-refractivity contribution in [3.05, 3.63) is 24.3 Å². The maximum atomic E-state index is 11.7. The van der Waals surface area contributed by atoms with Crippen LogP contribution in [0.25, 0.3) is 0 Å². The number of nitrogen functional groups attached to an aromatic ring is 1. The molecule has 3 N–H and O–H groups in total. The molecule has 0 aromatic heterocycles. The average Bonchev–Trinajstić information content (AvgIpc) is 2.82. The second-order valence-corrected chi connectivity index (χ2v) is 5.25. The lowest BCUT2D eigenvalue weighted by Crippen LogP contribution is -2.38. The van der Waals surface area contributed by atoms with E-state index in [0.717, 1.165) is 19.5 Å². The van der Waals surface area contributed by atoms with Gasteiger partial charge in [-0.15, -0.1) is 0 Å². The minimum absolute atomic E-state index is 0.0363. The Morgan fingerprint density at radius 1 is 1.55 bits per heavy atom. The number of benzene rings is 1. The highest BCUT2D eigenvalue weighted by atomic mass is 16.5. The normalized spacial score (nSPS) is 18.9. The quantitative estimate of drug-likeness (QED) is 0.768. The van der Waals surface area contributed by atoms with Crippen LogP contribution in [-0.4, -0.2) is 43.6 Å². The summed E-state index contributed by atoms with van der Waals surface area (Å²) in [5.41, 5.74) is 6.32. The number of carbonyl (C=O) groups excluding carboxylic acids is 1. The van der Waals surface area contributed by atoms with Crippen LogP contribution in [0.5, 0.6) is 5.75 Å². The summed E-state index contributed by atoms with van der Waals surface area (Å²) in [4.78, 5) is 14.0. The maximum absolute atomic E-state index is 11.7. The molecule has 1 atom stereocenters. The summed E-state index contributed by atoms with van der Waals surface area (Å²) in [5.74, 6) is 0.738. The van der Waals surface area contributed by atoms with Crippen LogP contribution < -0.4 is 15.8 Å². The molecule has 5 heteroatoms. The lowest BCUT2D eigenvalue weighted by atomic mass is 10.2. The zero-order chi connectivity index (χ0) is 14.4. The molecule has 1 saturated heterocycles. The van der Waals surface area contributed by atoms with Gasteiger partial charge in [0.15, 0.2) is 0 Å². The number of amides is 1. The number of nitrogens with zero attached hydrogens (tertiary/aromatic N) is 1. The van der Waals surface area contributed by atoms with E-state index in [9.17, 15) is 4.79 Å². The highest BCUT2D eigenvalue weighted by molar-refractivity contribution is 5.76. The fraction of sp³-hybridized carbons (Fsp3) is 0.533. The number of rotatable bonds is 6. The van der Waals surface area contributed by atoms with Crippen LogP contribution in [0, 0.1) is 0 Å². The number of ether oxygens (including phenoxy) is 1. The van der Waals surface area contributed by atoms with E-state index in [2.05, 4.69) is 17.3 Å². The number of hydrogen-bond donors (Lipinski definition) is 2. The molecule has 1 amide bonds. The molecular weight excluding hydrogens is 254 g/mol. The first-order valence-electron chi connectivity index (χ1n) is 7.10. The lowest BCUT2D eigenvalue weighted by molar-refractivity contribution is -0.121. The standard InChI is InChI=1S/C15H23N3O2/c1-18-8-3-5-13(18)11-17-15(19)7-9-20-14-6-2-4-12(16)10-14/h2,4,6,10,13H,3,5,7-9,11,16H2,1H3,(H,17,19). The molecule has 1 fully saturated rings. The number of likely N-dealkylation sites (tertiary alicyclic amines) is 1. The Hall–Kier alpha value is -1.75. The van der Waals surface area contributed by atoms with Crippen LogP contribution in [-0.2, 0) is 4.79 Å². The molecule has 20 heavy (non-hydrogen) atoms. The van der Waals surface area contributed by atoms with Crippen molar-refractivity contribution in [3.63, 3.8) is 0 Å². The average molecular weight is 277 g/mol. The Labute approximate surface area is 120 Å². The van der Waals surface area contributed by atoms with Crippen molar-refractivity contribution < 1.29 is 9.53 Å². The summed E-state index contributed by atoms with van der Waals surface area (Å²) >= 11 is 0. The third kappa shape index (κ3) is 4.42. The molecule has 0 spiro atoms. The predicted octanol–water partition coefficient (Wildman–Crippen LogP) is 1.25. The Bertz CT molecular complexity index is 450. The number of likely N-dealkylation sites (N-methyl/N-ethyl adjacent to an activating group) is 1. The van der Waals surface area contributed by atoms with Crippen molar-refractivity contribution in [2.75, 3.05) is 32.5 Å². The highest BCUT2D eigenvalue weighted by Crippen LogP contribution is 2.15. The summed E-state index contributed by atoms with van der Waals surface area (Å²) in [5, 5.41) is 2.97. The van der Waals surface area contributed by atoms with E-state index in [1.807, 2.05) is 12.1 Å². The first-order chi connectivity index (χ1) is 9.65. The number of anilines is 1. The maximum Gasteiger partial charge on any atom is 0.223 e. The monoisotopic (exact) mass is 277 g/mol. The van der Waals surface area contributed by atoms with Gasteiger partial charge in [0.2, 0.25) is 5.91 Å². The second-order valence-electron chi connectivity index (χ2n) is 5.25. The van der Waals surface area contributed by atoms with Crippen molar-refractivity contribution in [1.29, 1.82) is 0 Å². The largest absolute Gasteiger partial charge is 0.493 e. The van der Waals surface area contributed by atoms with Gasteiger partial charge in [-0.3, -0.25) is 4.79 Å². The van der Waals surface area contributed by atoms with E-state index in [4.69, 9.17) is 10.5 Å². The summed E-state index contributed by atoms with van der Waals surface area (Å²) in [6.07, 6.45) is 2.75. The van der Waals surface area contributed by atoms with E-state index < -0.39 is 0 Å². The smallest absolute Gasteiger partial charge is 0.223 e. The Balaban J connectivity index is 1.63. The Kier molecular flexibility index (Phi) is 5.24. The van der Waals surface area contributed by atoms with Crippen LogP contribution in [0.2, 0.25) is 0 Å². The molecule has 0 aliphatic carbocycles. The summed E-state index contributed by atoms with van der Waals surface area (Å²) < 4.78 is 5.50. The van der Waals surface area contributed by atoms with E-state index >= 15 is 0 Å². The third-order valence-electron chi connectivity index (χ3n) is 3.66. The molecule has 110 valence electrons. The van der Waals surface area contributed by atoms with Gasteiger partial charge in [0.05, 0.1) is 13.0 Å². The Morgan fingerprint density at radius 2 is 2.40 bits per heavy atom. The van der Waals surface area contributed by atoms with Gasteiger partial charge < -0.3 is 20.7 Å². The summed E-state index contributed by atoms with van der Waals surface area (Å²) in [7, 11) is 2.10. The molecule has 0 saturated carbocycles. The van der Waals surface area contributed by atoms with Gasteiger partial charge in [0.1, 0.15) is 5.75 Å². The van der Waals surface area contributed by atoms with Gasteiger partial charge in [-0.25, -0.2) is 0 Å².